The lowest BCUT2D eigenvalue weighted by atomic mass is 9.90. The summed E-state index contributed by atoms with van der Waals surface area (Å²) in [6.07, 6.45) is 7.58. The number of aryl methyl sites for hydroxylation is 1. The van der Waals surface area contributed by atoms with Gasteiger partial charge in [-0.15, -0.1) is 0 Å². The molecule has 5 heteroatoms. The first-order chi connectivity index (χ1) is 13.3. The highest BCUT2D eigenvalue weighted by Gasteiger charge is 2.25. The van der Waals surface area contributed by atoms with Crippen molar-refractivity contribution in [2.75, 3.05) is 13.1 Å². The van der Waals surface area contributed by atoms with Crippen LogP contribution in [0.1, 0.15) is 35.2 Å². The fraction of sp³-hybridized carbons (Fsp3) is 0.318. The molecule has 0 N–H and O–H groups in total. The highest BCUT2D eigenvalue weighted by Crippen LogP contribution is 2.25. The Hall–Kier alpha value is -2.95. The van der Waals surface area contributed by atoms with Crippen LogP contribution in [0.4, 0.5) is 0 Å². The van der Waals surface area contributed by atoms with Gasteiger partial charge in [-0.3, -0.25) is 4.79 Å². The lowest BCUT2D eigenvalue weighted by molar-refractivity contribution is 0.0687. The van der Waals surface area contributed by atoms with Crippen molar-refractivity contribution in [3.8, 4) is 5.69 Å². The summed E-state index contributed by atoms with van der Waals surface area (Å²) in [4.78, 5) is 19.0. The maximum absolute atomic E-state index is 13.1. The van der Waals surface area contributed by atoms with Crippen LogP contribution in [0.2, 0.25) is 0 Å². The predicted molar refractivity (Wildman–Crippen MR) is 105 cm³/mol. The quantitative estimate of drug-likeness (QED) is 0.696. The number of amides is 1. The van der Waals surface area contributed by atoms with Gasteiger partial charge in [0.2, 0.25) is 0 Å². The van der Waals surface area contributed by atoms with Crippen LogP contribution in [0.3, 0.4) is 0 Å². The molecule has 5 nitrogen and oxygen atoms in total. The average Bonchev–Trinajstić information content (AvgIpc) is 3.28. The molecule has 4 rings (SSSR count). The number of benzene rings is 2. The van der Waals surface area contributed by atoms with E-state index < -0.39 is 0 Å². The van der Waals surface area contributed by atoms with Crippen LogP contribution < -0.4 is 0 Å². The van der Waals surface area contributed by atoms with Crippen LogP contribution in [0.25, 0.3) is 5.69 Å². The van der Waals surface area contributed by atoms with Gasteiger partial charge in [-0.2, -0.15) is 5.10 Å². The van der Waals surface area contributed by atoms with Gasteiger partial charge in [0.1, 0.15) is 12.7 Å². The lowest BCUT2D eigenvalue weighted by Crippen LogP contribution is -2.39. The molecule has 0 unspecified atom stereocenters. The Kier molecular flexibility index (Phi) is 5.28. The standard InChI is InChI=1S/C22H24N4O/c27-22(20-8-4-5-9-21(20)26-17-23-16-24-26)25-14-12-19(13-15-25)11-10-18-6-2-1-3-7-18/h1-9,16-17,19H,10-15H2. The molecule has 1 fully saturated rings. The van der Waals surface area contributed by atoms with Crippen molar-refractivity contribution in [3.05, 3.63) is 78.4 Å². The summed E-state index contributed by atoms with van der Waals surface area (Å²) < 4.78 is 1.65. The largest absolute Gasteiger partial charge is 0.339 e. The molecule has 0 saturated carbocycles. The van der Waals surface area contributed by atoms with Gasteiger partial charge in [0.15, 0.2) is 0 Å². The maximum Gasteiger partial charge on any atom is 0.256 e. The molecular weight excluding hydrogens is 336 g/mol. The zero-order chi connectivity index (χ0) is 18.5. The summed E-state index contributed by atoms with van der Waals surface area (Å²) in [6.45, 7) is 1.65. The highest BCUT2D eigenvalue weighted by atomic mass is 16.2. The number of carbonyl (C=O) groups is 1. The van der Waals surface area contributed by atoms with Crippen molar-refractivity contribution in [1.82, 2.24) is 19.7 Å². The van der Waals surface area contributed by atoms with Crippen molar-refractivity contribution in [1.29, 1.82) is 0 Å². The van der Waals surface area contributed by atoms with Crippen LogP contribution in [0, 0.1) is 5.92 Å². The van der Waals surface area contributed by atoms with E-state index in [0.29, 0.717) is 11.5 Å². The van der Waals surface area contributed by atoms with Gasteiger partial charge in [-0.1, -0.05) is 42.5 Å². The maximum atomic E-state index is 13.1. The molecule has 0 bridgehead atoms. The fourth-order valence-corrected chi connectivity index (χ4v) is 3.80. The van der Waals surface area contributed by atoms with Crippen molar-refractivity contribution in [2.24, 2.45) is 5.92 Å². The third-order valence-corrected chi connectivity index (χ3v) is 5.39. The van der Waals surface area contributed by atoms with Gasteiger partial charge in [0.05, 0.1) is 11.3 Å². The Morgan fingerprint density at radius 1 is 1.00 bits per heavy atom. The summed E-state index contributed by atoms with van der Waals surface area (Å²) in [5, 5.41) is 4.17. The van der Waals surface area contributed by atoms with E-state index in [1.54, 1.807) is 11.0 Å². The molecule has 0 radical (unpaired) electrons. The molecule has 1 amide bonds. The molecule has 2 aromatic carbocycles. The Labute approximate surface area is 159 Å². The number of hydrogen-bond donors (Lipinski definition) is 0. The van der Waals surface area contributed by atoms with Crippen LogP contribution >= 0.6 is 0 Å². The number of piperidine rings is 1. The molecular formula is C22H24N4O. The monoisotopic (exact) mass is 360 g/mol. The number of likely N-dealkylation sites (tertiary alicyclic amines) is 1. The summed E-state index contributed by atoms with van der Waals surface area (Å²) in [6, 6.07) is 18.3. The first kappa shape index (κ1) is 17.5. The van der Waals surface area contributed by atoms with Crippen molar-refractivity contribution < 1.29 is 4.79 Å². The molecule has 27 heavy (non-hydrogen) atoms. The first-order valence-electron chi connectivity index (χ1n) is 9.58. The van der Waals surface area contributed by atoms with E-state index >= 15 is 0 Å². The van der Waals surface area contributed by atoms with Gasteiger partial charge < -0.3 is 4.90 Å². The third kappa shape index (κ3) is 4.08. The molecule has 0 atom stereocenters. The normalized spacial score (nSPS) is 15.0. The van der Waals surface area contributed by atoms with Crippen molar-refractivity contribution >= 4 is 5.91 Å². The number of nitrogens with zero attached hydrogens (tertiary/aromatic N) is 4. The molecule has 1 aromatic heterocycles. The van der Waals surface area contributed by atoms with Crippen molar-refractivity contribution in [3.63, 3.8) is 0 Å². The second kappa shape index (κ2) is 8.16. The van der Waals surface area contributed by atoms with Gasteiger partial charge >= 0.3 is 0 Å². The molecule has 3 aromatic rings. The van der Waals surface area contributed by atoms with Crippen LogP contribution in [0.15, 0.2) is 67.3 Å². The number of aromatic nitrogens is 3. The number of carbonyl (C=O) groups excluding carboxylic acids is 1. The van der Waals surface area contributed by atoms with E-state index in [-0.39, 0.29) is 5.91 Å². The van der Waals surface area contributed by atoms with Gasteiger partial charge in [0.25, 0.3) is 5.91 Å². The Morgan fingerprint density at radius 2 is 1.74 bits per heavy atom. The molecule has 1 aliphatic heterocycles. The summed E-state index contributed by atoms with van der Waals surface area (Å²) in [5.41, 5.74) is 2.87. The van der Waals surface area contributed by atoms with E-state index in [2.05, 4.69) is 40.4 Å². The Morgan fingerprint density at radius 3 is 2.48 bits per heavy atom. The van der Waals surface area contributed by atoms with E-state index in [0.717, 1.165) is 38.0 Å². The molecule has 2 heterocycles. The Balaban J connectivity index is 1.37. The van der Waals surface area contributed by atoms with E-state index in [1.165, 1.54) is 18.3 Å². The van der Waals surface area contributed by atoms with Crippen molar-refractivity contribution in [2.45, 2.75) is 25.7 Å². The second-order valence-electron chi connectivity index (χ2n) is 7.12. The van der Waals surface area contributed by atoms with Gasteiger partial charge in [-0.25, -0.2) is 9.67 Å². The van der Waals surface area contributed by atoms with Crippen LogP contribution in [0.5, 0.6) is 0 Å². The molecule has 0 spiro atoms. The zero-order valence-electron chi connectivity index (χ0n) is 15.4. The average molecular weight is 360 g/mol. The predicted octanol–water partition coefficient (Wildman–Crippen LogP) is 3.75. The molecule has 138 valence electrons. The number of rotatable bonds is 5. The van der Waals surface area contributed by atoms with Gasteiger partial charge in [-0.05, 0) is 49.3 Å². The molecule has 1 saturated heterocycles. The smallest absolute Gasteiger partial charge is 0.256 e. The fourth-order valence-electron chi connectivity index (χ4n) is 3.80. The first-order valence-corrected chi connectivity index (χ1v) is 9.58. The minimum atomic E-state index is 0.0857. The highest BCUT2D eigenvalue weighted by molar-refractivity contribution is 5.97. The van der Waals surface area contributed by atoms with E-state index in [9.17, 15) is 4.79 Å². The number of hydrogen-bond acceptors (Lipinski definition) is 3. The second-order valence-corrected chi connectivity index (χ2v) is 7.12. The van der Waals surface area contributed by atoms with E-state index in [4.69, 9.17) is 0 Å². The van der Waals surface area contributed by atoms with E-state index in [1.807, 2.05) is 29.2 Å². The van der Waals surface area contributed by atoms with Crippen LogP contribution in [-0.4, -0.2) is 38.7 Å². The minimum absolute atomic E-state index is 0.0857. The topological polar surface area (TPSA) is 51.0 Å². The summed E-state index contributed by atoms with van der Waals surface area (Å²) in [5.74, 6) is 0.780. The number of para-hydroxylation sites is 1. The minimum Gasteiger partial charge on any atom is -0.339 e. The SMILES string of the molecule is O=C(c1ccccc1-n1cncn1)N1CCC(CCc2ccccc2)CC1. The Bertz CT molecular complexity index is 868. The van der Waals surface area contributed by atoms with Crippen LogP contribution in [-0.2, 0) is 6.42 Å². The zero-order valence-corrected chi connectivity index (χ0v) is 15.4. The lowest BCUT2D eigenvalue weighted by Gasteiger charge is -2.32. The van der Waals surface area contributed by atoms with Gasteiger partial charge in [0, 0.05) is 13.1 Å². The summed E-state index contributed by atoms with van der Waals surface area (Å²) in [7, 11) is 0. The molecule has 1 aliphatic rings. The molecule has 0 aliphatic carbocycles. The third-order valence-electron chi connectivity index (χ3n) is 5.39. The summed E-state index contributed by atoms with van der Waals surface area (Å²) >= 11 is 0.